The van der Waals surface area contributed by atoms with Crippen LogP contribution < -0.4 is 5.14 Å². The number of halogens is 1. The summed E-state index contributed by atoms with van der Waals surface area (Å²) in [6, 6.07) is 15.3. The van der Waals surface area contributed by atoms with Crippen LogP contribution in [-0.4, -0.2) is 31.3 Å². The zero-order valence-corrected chi connectivity index (χ0v) is 16.6. The van der Waals surface area contributed by atoms with Crippen molar-refractivity contribution in [2.45, 2.75) is 4.90 Å². The molecule has 3 aromatic rings. The quantitative estimate of drug-likeness (QED) is 0.454. The summed E-state index contributed by atoms with van der Waals surface area (Å²) in [6.45, 7) is 0. The summed E-state index contributed by atoms with van der Waals surface area (Å²) >= 11 is 2.20. The van der Waals surface area contributed by atoms with Gasteiger partial charge in [-0.3, -0.25) is 0 Å². The van der Waals surface area contributed by atoms with Crippen LogP contribution in [0, 0.1) is 3.57 Å². The van der Waals surface area contributed by atoms with Crippen molar-refractivity contribution >= 4 is 38.6 Å². The number of benzene rings is 2. The summed E-state index contributed by atoms with van der Waals surface area (Å²) < 4.78 is 30.2. The van der Waals surface area contributed by atoms with E-state index >= 15 is 0 Å². The smallest absolute Gasteiger partial charge is 0.358 e. The van der Waals surface area contributed by atoms with Gasteiger partial charge in [0, 0.05) is 9.13 Å². The molecule has 0 aliphatic carbocycles. The molecule has 0 aliphatic heterocycles. The van der Waals surface area contributed by atoms with Crippen molar-refractivity contribution in [1.29, 1.82) is 0 Å². The number of carbonyl (C=O) groups excluding carboxylic acids is 1. The van der Waals surface area contributed by atoms with Gasteiger partial charge >= 0.3 is 5.97 Å². The number of hydrogen-bond acceptors (Lipinski definition) is 5. The van der Waals surface area contributed by atoms with E-state index < -0.39 is 16.0 Å². The largest absolute Gasteiger partial charge is 0.464 e. The van der Waals surface area contributed by atoms with Gasteiger partial charge in [-0.05, 0) is 65.1 Å². The number of carbonyl (C=O) groups is 1. The molecule has 134 valence electrons. The van der Waals surface area contributed by atoms with Gasteiger partial charge in [0.15, 0.2) is 5.69 Å². The third-order valence-corrected chi connectivity index (χ3v) is 5.23. The Morgan fingerprint density at radius 1 is 1.15 bits per heavy atom. The Morgan fingerprint density at radius 2 is 1.85 bits per heavy atom. The van der Waals surface area contributed by atoms with Crippen LogP contribution >= 0.6 is 22.6 Å². The second-order valence-electron chi connectivity index (χ2n) is 5.37. The van der Waals surface area contributed by atoms with Gasteiger partial charge in [-0.15, -0.1) is 0 Å². The summed E-state index contributed by atoms with van der Waals surface area (Å²) in [5, 5.41) is 9.44. The van der Waals surface area contributed by atoms with Crippen LogP contribution in [0.1, 0.15) is 10.5 Å². The standard InChI is InChI=1S/C17H14IN3O4S/c1-25-17(22)15-10-16(11-3-2-4-12(18)9-11)21(20-15)13-5-7-14(8-6-13)26(19,23)24/h2-10H,1H3,(H2,19,23,24). The van der Waals surface area contributed by atoms with Crippen LogP contribution in [-0.2, 0) is 14.8 Å². The molecule has 0 saturated carbocycles. The fraction of sp³-hybridized carbons (Fsp3) is 0.0588. The summed E-state index contributed by atoms with van der Waals surface area (Å²) in [4.78, 5) is 11.9. The zero-order valence-electron chi connectivity index (χ0n) is 13.6. The number of ether oxygens (including phenoxy) is 1. The van der Waals surface area contributed by atoms with Gasteiger partial charge in [0.2, 0.25) is 10.0 Å². The van der Waals surface area contributed by atoms with Crippen LogP contribution in [0.5, 0.6) is 0 Å². The number of primary sulfonamides is 1. The molecule has 1 heterocycles. The molecule has 0 fully saturated rings. The van der Waals surface area contributed by atoms with Crippen molar-refractivity contribution < 1.29 is 17.9 Å². The number of esters is 1. The fourth-order valence-electron chi connectivity index (χ4n) is 2.41. The first kappa shape index (κ1) is 18.5. The second kappa shape index (κ2) is 7.17. The van der Waals surface area contributed by atoms with Crippen LogP contribution in [0.4, 0.5) is 0 Å². The van der Waals surface area contributed by atoms with E-state index in [2.05, 4.69) is 27.7 Å². The third-order valence-electron chi connectivity index (χ3n) is 3.63. The minimum Gasteiger partial charge on any atom is -0.464 e. The van der Waals surface area contributed by atoms with E-state index in [4.69, 9.17) is 9.88 Å². The Morgan fingerprint density at radius 3 is 2.42 bits per heavy atom. The van der Waals surface area contributed by atoms with Crippen molar-refractivity contribution in [2.24, 2.45) is 5.14 Å². The molecule has 0 bridgehead atoms. The van der Waals surface area contributed by atoms with Crippen molar-refractivity contribution in [1.82, 2.24) is 9.78 Å². The molecule has 0 atom stereocenters. The maximum Gasteiger partial charge on any atom is 0.358 e. The van der Waals surface area contributed by atoms with Crippen molar-refractivity contribution in [3.8, 4) is 16.9 Å². The molecule has 3 rings (SSSR count). The number of sulfonamides is 1. The van der Waals surface area contributed by atoms with E-state index in [1.165, 1.54) is 19.2 Å². The summed E-state index contributed by atoms with van der Waals surface area (Å²) in [5.74, 6) is -0.559. The number of hydrogen-bond donors (Lipinski definition) is 1. The Labute approximate surface area is 164 Å². The number of nitrogens with zero attached hydrogens (tertiary/aromatic N) is 2. The predicted molar refractivity (Wildman–Crippen MR) is 104 cm³/mol. The molecule has 0 spiro atoms. The average molecular weight is 483 g/mol. The Hall–Kier alpha value is -2.24. The lowest BCUT2D eigenvalue weighted by Crippen LogP contribution is -2.12. The first-order valence-corrected chi connectivity index (χ1v) is 9.99. The molecule has 0 saturated heterocycles. The van der Waals surface area contributed by atoms with Crippen LogP contribution in [0.15, 0.2) is 59.5 Å². The normalized spacial score (nSPS) is 11.3. The first-order valence-electron chi connectivity index (χ1n) is 7.37. The second-order valence-corrected chi connectivity index (χ2v) is 8.17. The molecule has 0 aliphatic rings. The monoisotopic (exact) mass is 483 g/mol. The zero-order chi connectivity index (χ0) is 18.9. The van der Waals surface area contributed by atoms with Crippen LogP contribution in [0.2, 0.25) is 0 Å². The average Bonchev–Trinajstić information content (AvgIpc) is 3.06. The van der Waals surface area contributed by atoms with Gasteiger partial charge in [0.25, 0.3) is 0 Å². The molecule has 26 heavy (non-hydrogen) atoms. The van der Waals surface area contributed by atoms with E-state index in [0.29, 0.717) is 11.4 Å². The molecule has 9 heteroatoms. The van der Waals surface area contributed by atoms with E-state index in [0.717, 1.165) is 9.13 Å². The number of methoxy groups -OCH3 is 1. The molecular formula is C17H14IN3O4S. The highest BCUT2D eigenvalue weighted by Crippen LogP contribution is 2.26. The number of rotatable bonds is 4. The van der Waals surface area contributed by atoms with E-state index in [9.17, 15) is 13.2 Å². The van der Waals surface area contributed by atoms with Gasteiger partial charge in [-0.2, -0.15) is 5.10 Å². The highest BCUT2D eigenvalue weighted by atomic mass is 127. The van der Waals surface area contributed by atoms with Crippen molar-refractivity contribution in [3.05, 3.63) is 63.9 Å². The molecule has 7 nitrogen and oxygen atoms in total. The maximum absolute atomic E-state index is 11.9. The first-order chi connectivity index (χ1) is 12.3. The van der Waals surface area contributed by atoms with Gasteiger partial charge in [0.05, 0.1) is 23.4 Å². The summed E-state index contributed by atoms with van der Waals surface area (Å²) in [5.41, 5.74) is 2.26. The predicted octanol–water partition coefficient (Wildman–Crippen LogP) is 2.58. The third kappa shape index (κ3) is 3.79. The molecule has 2 N–H and O–H groups in total. The molecule has 0 amide bonds. The molecule has 1 aromatic heterocycles. The highest BCUT2D eigenvalue weighted by molar-refractivity contribution is 14.1. The van der Waals surface area contributed by atoms with E-state index in [-0.39, 0.29) is 10.6 Å². The lowest BCUT2D eigenvalue weighted by molar-refractivity contribution is 0.0593. The van der Waals surface area contributed by atoms with E-state index in [1.54, 1.807) is 22.9 Å². The molecule has 0 unspecified atom stereocenters. The number of nitrogens with two attached hydrogens (primary N) is 1. The van der Waals surface area contributed by atoms with Gasteiger partial charge < -0.3 is 4.74 Å². The van der Waals surface area contributed by atoms with Gasteiger partial charge in [0.1, 0.15) is 0 Å². The fourth-order valence-corrected chi connectivity index (χ4v) is 3.47. The van der Waals surface area contributed by atoms with Crippen molar-refractivity contribution in [2.75, 3.05) is 7.11 Å². The highest BCUT2D eigenvalue weighted by Gasteiger charge is 2.18. The topological polar surface area (TPSA) is 104 Å². The van der Waals surface area contributed by atoms with Crippen molar-refractivity contribution in [3.63, 3.8) is 0 Å². The lowest BCUT2D eigenvalue weighted by atomic mass is 10.1. The summed E-state index contributed by atoms with van der Waals surface area (Å²) in [6.07, 6.45) is 0. The number of aromatic nitrogens is 2. The SMILES string of the molecule is COC(=O)c1cc(-c2cccc(I)c2)n(-c2ccc(S(N)(=O)=O)cc2)n1. The van der Waals surface area contributed by atoms with Gasteiger partial charge in [-0.1, -0.05) is 12.1 Å². The Kier molecular flexibility index (Phi) is 5.12. The molecule has 2 aromatic carbocycles. The van der Waals surface area contributed by atoms with Crippen LogP contribution in [0.3, 0.4) is 0 Å². The minimum absolute atomic E-state index is 0.00240. The summed E-state index contributed by atoms with van der Waals surface area (Å²) in [7, 11) is -2.50. The van der Waals surface area contributed by atoms with Gasteiger partial charge in [-0.25, -0.2) is 23.0 Å². The van der Waals surface area contributed by atoms with Crippen LogP contribution in [0.25, 0.3) is 16.9 Å². The minimum atomic E-state index is -3.79. The lowest BCUT2D eigenvalue weighted by Gasteiger charge is -2.08. The Bertz CT molecular complexity index is 1080. The molecular weight excluding hydrogens is 469 g/mol. The Balaban J connectivity index is 2.16. The van der Waals surface area contributed by atoms with E-state index in [1.807, 2.05) is 24.3 Å². The molecule has 0 radical (unpaired) electrons. The maximum atomic E-state index is 11.9.